The van der Waals surface area contributed by atoms with Gasteiger partial charge in [0.15, 0.2) is 6.04 Å². The monoisotopic (exact) mass is 411 g/mol. The van der Waals surface area contributed by atoms with E-state index in [1.54, 1.807) is 13.2 Å². The van der Waals surface area contributed by atoms with E-state index in [4.69, 9.17) is 20.6 Å². The molecule has 1 unspecified atom stereocenters. The van der Waals surface area contributed by atoms with E-state index in [0.717, 1.165) is 11.8 Å². The minimum Gasteiger partial charge on any atom is -0.467 e. The summed E-state index contributed by atoms with van der Waals surface area (Å²) >= 11 is 0. The molecule has 0 aliphatic rings. The molecule has 158 valence electrons. The smallest absolute Gasteiger partial charge is 0.330 e. The number of nitrogens with two attached hydrogens (primary N) is 1. The number of benzene rings is 1. The largest absolute Gasteiger partial charge is 0.467 e. The summed E-state index contributed by atoms with van der Waals surface area (Å²) in [5.41, 5.74) is 7.90. The van der Waals surface area contributed by atoms with Gasteiger partial charge in [0.1, 0.15) is 5.82 Å². The molecule has 9 heteroatoms. The molecular formula is C21H25N5O4. The summed E-state index contributed by atoms with van der Waals surface area (Å²) in [6, 6.07) is 9.92. The van der Waals surface area contributed by atoms with Gasteiger partial charge in [-0.2, -0.15) is 0 Å². The number of hydrogen-bond acceptors (Lipinski definition) is 8. The van der Waals surface area contributed by atoms with E-state index < -0.39 is 17.9 Å². The van der Waals surface area contributed by atoms with Gasteiger partial charge in [0.05, 0.1) is 25.9 Å². The van der Waals surface area contributed by atoms with Crippen LogP contribution < -0.4 is 16.4 Å². The highest BCUT2D eigenvalue weighted by Gasteiger charge is 2.24. The molecule has 9 nitrogen and oxygen atoms in total. The van der Waals surface area contributed by atoms with Crippen molar-refractivity contribution in [3.05, 3.63) is 65.5 Å². The van der Waals surface area contributed by atoms with E-state index in [1.165, 1.54) is 19.4 Å². The second kappa shape index (κ2) is 11.3. The van der Waals surface area contributed by atoms with Crippen LogP contribution in [0.4, 0.5) is 5.82 Å². The Balaban J connectivity index is 2.13. The molecule has 1 amide bonds. The van der Waals surface area contributed by atoms with Gasteiger partial charge < -0.3 is 31.3 Å². The number of esters is 1. The molecule has 1 aromatic carbocycles. The Hall–Kier alpha value is -3.72. The fourth-order valence-corrected chi connectivity index (χ4v) is 2.59. The van der Waals surface area contributed by atoms with E-state index in [0.29, 0.717) is 11.1 Å². The van der Waals surface area contributed by atoms with Gasteiger partial charge in [-0.1, -0.05) is 30.3 Å². The molecule has 0 radical (unpaired) electrons. The van der Waals surface area contributed by atoms with E-state index in [1.807, 2.05) is 30.3 Å². The van der Waals surface area contributed by atoms with Gasteiger partial charge in [-0.15, -0.1) is 0 Å². The quantitative estimate of drug-likeness (QED) is 0.342. The molecule has 1 heterocycles. The maximum absolute atomic E-state index is 12.8. The van der Waals surface area contributed by atoms with Crippen LogP contribution in [-0.2, 0) is 20.9 Å². The summed E-state index contributed by atoms with van der Waals surface area (Å²) in [4.78, 5) is 28.9. The zero-order valence-corrected chi connectivity index (χ0v) is 16.8. The van der Waals surface area contributed by atoms with Crippen LogP contribution in [0.3, 0.4) is 0 Å². The second-order valence-corrected chi connectivity index (χ2v) is 6.24. The predicted molar refractivity (Wildman–Crippen MR) is 114 cm³/mol. The second-order valence-electron chi connectivity index (χ2n) is 6.24. The number of anilines is 1. The number of pyridine rings is 1. The number of carbonyl (C=O) groups is 2. The number of ether oxygens (including phenoxy) is 2. The van der Waals surface area contributed by atoms with Crippen LogP contribution in [0.25, 0.3) is 5.57 Å². The van der Waals surface area contributed by atoms with Crippen LogP contribution >= 0.6 is 0 Å². The molecule has 2 rings (SSSR count). The van der Waals surface area contributed by atoms with Crippen LogP contribution in [0, 0.1) is 5.41 Å². The third-order valence-corrected chi connectivity index (χ3v) is 4.14. The number of aromatic nitrogens is 1. The molecule has 1 atom stereocenters. The van der Waals surface area contributed by atoms with Gasteiger partial charge in [0.25, 0.3) is 5.91 Å². The van der Waals surface area contributed by atoms with Crippen LogP contribution in [0.15, 0.2) is 48.8 Å². The van der Waals surface area contributed by atoms with Crippen LogP contribution in [0.2, 0.25) is 0 Å². The maximum atomic E-state index is 12.8. The SMILES string of the molecule is CN/C=C(\C=N)c1cnc(N)c(C(=O)NC(COCc2ccccc2)C(=O)OC)c1. The minimum absolute atomic E-state index is 0.00106. The summed E-state index contributed by atoms with van der Waals surface area (Å²) in [6.45, 7) is 0.201. The lowest BCUT2D eigenvalue weighted by molar-refractivity contribution is -0.144. The fraction of sp³-hybridized carbons (Fsp3) is 0.238. The van der Waals surface area contributed by atoms with Gasteiger partial charge in [0, 0.05) is 36.8 Å². The molecule has 0 saturated carbocycles. The zero-order chi connectivity index (χ0) is 21.9. The van der Waals surface area contributed by atoms with Crippen molar-refractivity contribution in [1.29, 1.82) is 5.41 Å². The molecule has 30 heavy (non-hydrogen) atoms. The molecule has 0 fully saturated rings. The normalized spacial score (nSPS) is 12.0. The molecule has 0 aliphatic heterocycles. The first-order chi connectivity index (χ1) is 14.5. The van der Waals surface area contributed by atoms with Crippen LogP contribution in [0.1, 0.15) is 21.5 Å². The molecular weight excluding hydrogens is 386 g/mol. The van der Waals surface area contributed by atoms with Crippen molar-refractivity contribution in [2.24, 2.45) is 0 Å². The maximum Gasteiger partial charge on any atom is 0.330 e. The summed E-state index contributed by atoms with van der Waals surface area (Å²) < 4.78 is 10.3. The Bertz CT molecular complexity index is 915. The van der Waals surface area contributed by atoms with Gasteiger partial charge in [-0.3, -0.25) is 4.79 Å². The number of nitrogens with one attached hydrogen (secondary N) is 3. The Morgan fingerprint density at radius 3 is 2.67 bits per heavy atom. The number of rotatable bonds is 10. The van der Waals surface area contributed by atoms with E-state index in [9.17, 15) is 9.59 Å². The summed E-state index contributed by atoms with van der Waals surface area (Å²) in [5.74, 6) is -1.25. The van der Waals surface area contributed by atoms with Crippen molar-refractivity contribution in [3.63, 3.8) is 0 Å². The topological polar surface area (TPSA) is 139 Å². The van der Waals surface area contributed by atoms with E-state index >= 15 is 0 Å². The lowest BCUT2D eigenvalue weighted by Gasteiger charge is -2.17. The molecule has 0 saturated heterocycles. The van der Waals surface area contributed by atoms with Crippen molar-refractivity contribution in [1.82, 2.24) is 15.6 Å². The number of nitrogen functional groups attached to an aromatic ring is 1. The Labute approximate surface area is 174 Å². The van der Waals surface area contributed by atoms with Gasteiger partial charge >= 0.3 is 5.97 Å². The Kier molecular flexibility index (Phi) is 8.52. The van der Waals surface area contributed by atoms with Crippen molar-refractivity contribution in [2.75, 3.05) is 26.5 Å². The van der Waals surface area contributed by atoms with Gasteiger partial charge in [-0.25, -0.2) is 9.78 Å². The molecule has 5 N–H and O–H groups in total. The average molecular weight is 411 g/mol. The molecule has 0 spiro atoms. The lowest BCUT2D eigenvalue weighted by Crippen LogP contribution is -2.45. The van der Waals surface area contributed by atoms with E-state index in [-0.39, 0.29) is 24.6 Å². The summed E-state index contributed by atoms with van der Waals surface area (Å²) in [6.07, 6.45) is 4.18. The zero-order valence-electron chi connectivity index (χ0n) is 16.8. The molecule has 1 aromatic heterocycles. The van der Waals surface area contributed by atoms with Crippen molar-refractivity contribution in [2.45, 2.75) is 12.6 Å². The lowest BCUT2D eigenvalue weighted by atomic mass is 10.1. The average Bonchev–Trinajstić information content (AvgIpc) is 2.77. The van der Waals surface area contributed by atoms with E-state index in [2.05, 4.69) is 15.6 Å². The number of methoxy groups -OCH3 is 1. The number of carbonyl (C=O) groups excluding carboxylic acids is 2. The standard InChI is InChI=1S/C21H25N5O4/c1-24-10-16(9-22)15-8-17(19(23)25-11-15)20(27)26-18(21(28)29-2)13-30-12-14-6-4-3-5-7-14/h3-11,18,22,24H,12-13H2,1-2H3,(H2,23,25)(H,26,27)/b16-10+,22-9?. The third-order valence-electron chi connectivity index (χ3n) is 4.14. The first kappa shape index (κ1) is 22.6. The van der Waals surface area contributed by atoms with Crippen molar-refractivity contribution < 1.29 is 19.1 Å². The Morgan fingerprint density at radius 2 is 2.03 bits per heavy atom. The first-order valence-electron chi connectivity index (χ1n) is 9.14. The van der Waals surface area contributed by atoms with Gasteiger partial charge in [-0.05, 0) is 11.6 Å². The number of nitrogens with zero attached hydrogens (tertiary/aromatic N) is 1. The van der Waals surface area contributed by atoms with Gasteiger partial charge in [0.2, 0.25) is 0 Å². The van der Waals surface area contributed by atoms with Crippen molar-refractivity contribution >= 4 is 29.5 Å². The predicted octanol–water partition coefficient (Wildman–Crippen LogP) is 1.36. The minimum atomic E-state index is -1.02. The third kappa shape index (κ3) is 6.14. The molecule has 0 bridgehead atoms. The summed E-state index contributed by atoms with van der Waals surface area (Å²) in [5, 5.41) is 12.9. The first-order valence-corrected chi connectivity index (χ1v) is 9.14. The number of amides is 1. The highest BCUT2D eigenvalue weighted by molar-refractivity contribution is 6.09. The van der Waals surface area contributed by atoms with Crippen LogP contribution in [-0.4, -0.2) is 49.9 Å². The number of hydrogen-bond donors (Lipinski definition) is 4. The van der Waals surface area contributed by atoms with Crippen LogP contribution in [0.5, 0.6) is 0 Å². The highest BCUT2D eigenvalue weighted by atomic mass is 16.5. The van der Waals surface area contributed by atoms with Crippen molar-refractivity contribution in [3.8, 4) is 0 Å². The highest BCUT2D eigenvalue weighted by Crippen LogP contribution is 2.17. The molecule has 0 aliphatic carbocycles. The summed E-state index contributed by atoms with van der Waals surface area (Å²) in [7, 11) is 2.92. The number of allylic oxidation sites excluding steroid dienone is 1. The fourth-order valence-electron chi connectivity index (χ4n) is 2.59. The Morgan fingerprint density at radius 1 is 1.30 bits per heavy atom. The molecule has 2 aromatic rings.